The Morgan fingerprint density at radius 3 is 2.72 bits per heavy atom. The summed E-state index contributed by atoms with van der Waals surface area (Å²) in [6, 6.07) is 15.7. The molecule has 1 aromatic heterocycles. The Balaban J connectivity index is 1.82. The van der Waals surface area contributed by atoms with Crippen molar-refractivity contribution in [2.75, 3.05) is 12.1 Å². The predicted octanol–water partition coefficient (Wildman–Crippen LogP) is 3.89. The number of aromatic nitrogens is 3. The Hall–Kier alpha value is -2.93. The van der Waals surface area contributed by atoms with Gasteiger partial charge < -0.3 is 4.74 Å². The number of aryl methyl sites for hydroxylation is 1. The minimum Gasteiger partial charge on any atom is -0.494 e. The van der Waals surface area contributed by atoms with E-state index in [9.17, 15) is 0 Å². The smallest absolute Gasteiger partial charge is 0.216 e. The molecule has 25 heavy (non-hydrogen) atoms. The van der Waals surface area contributed by atoms with Crippen LogP contribution < -0.4 is 10.3 Å². The molecule has 0 bridgehead atoms. The molecule has 0 aliphatic carbocycles. The van der Waals surface area contributed by atoms with Gasteiger partial charge in [-0.15, -0.1) is 0 Å². The molecule has 0 radical (unpaired) electrons. The maximum absolute atomic E-state index is 5.46. The second kappa shape index (κ2) is 7.76. The zero-order valence-electron chi connectivity index (χ0n) is 14.1. The van der Waals surface area contributed by atoms with Crippen LogP contribution in [0.25, 0.3) is 11.4 Å². The summed E-state index contributed by atoms with van der Waals surface area (Å²) in [6.07, 6.45) is 1.76. The zero-order valence-corrected chi connectivity index (χ0v) is 14.9. The van der Waals surface area contributed by atoms with E-state index in [-0.39, 0.29) is 0 Å². The number of nitrogens with zero attached hydrogens (tertiary/aromatic N) is 3. The average Bonchev–Trinajstić information content (AvgIpc) is 2.98. The molecular formula is C18H19N5OS. The van der Waals surface area contributed by atoms with E-state index in [0.29, 0.717) is 17.2 Å². The molecule has 128 valence electrons. The van der Waals surface area contributed by atoms with E-state index in [1.54, 1.807) is 10.9 Å². The summed E-state index contributed by atoms with van der Waals surface area (Å²) in [5, 5.41) is 11.3. The van der Waals surface area contributed by atoms with Gasteiger partial charge in [0.2, 0.25) is 4.77 Å². The molecular weight excluding hydrogens is 334 g/mol. The summed E-state index contributed by atoms with van der Waals surface area (Å²) >= 11 is 5.28. The summed E-state index contributed by atoms with van der Waals surface area (Å²) in [6.45, 7) is 4.62. The lowest BCUT2D eigenvalue weighted by Crippen LogP contribution is -2.10. The lowest BCUT2D eigenvalue weighted by Gasteiger charge is -2.07. The van der Waals surface area contributed by atoms with Crippen molar-refractivity contribution in [2.24, 2.45) is 5.10 Å². The monoisotopic (exact) mass is 353 g/mol. The highest BCUT2D eigenvalue weighted by atomic mass is 32.1. The molecule has 6 nitrogen and oxygen atoms in total. The Morgan fingerprint density at radius 2 is 2.00 bits per heavy atom. The number of ether oxygens (including phenoxy) is 1. The molecule has 0 unspecified atom stereocenters. The number of hydrogen-bond donors (Lipinski definition) is 2. The summed E-state index contributed by atoms with van der Waals surface area (Å²) in [7, 11) is 0. The number of nitrogens with one attached hydrogen (secondary N) is 2. The third-order valence-electron chi connectivity index (χ3n) is 3.65. The number of hydrogen-bond acceptors (Lipinski definition) is 5. The van der Waals surface area contributed by atoms with Gasteiger partial charge in [-0.1, -0.05) is 24.3 Å². The normalized spacial score (nSPS) is 11.0. The van der Waals surface area contributed by atoms with Gasteiger partial charge in [0.1, 0.15) is 5.75 Å². The van der Waals surface area contributed by atoms with Gasteiger partial charge in [-0.25, -0.2) is 10.6 Å². The van der Waals surface area contributed by atoms with Gasteiger partial charge in [0, 0.05) is 5.56 Å². The maximum atomic E-state index is 5.46. The van der Waals surface area contributed by atoms with Crippen molar-refractivity contribution in [3.8, 4) is 17.1 Å². The number of H-pyrrole nitrogens is 1. The Bertz CT molecular complexity index is 927. The van der Waals surface area contributed by atoms with Gasteiger partial charge in [0.15, 0.2) is 5.82 Å². The van der Waals surface area contributed by atoms with E-state index >= 15 is 0 Å². The first-order chi connectivity index (χ1) is 12.2. The first kappa shape index (κ1) is 16.9. The van der Waals surface area contributed by atoms with E-state index in [1.807, 2.05) is 62.4 Å². The fourth-order valence-corrected chi connectivity index (χ4v) is 2.51. The number of hydrazone groups is 1. The van der Waals surface area contributed by atoms with E-state index in [2.05, 4.69) is 20.8 Å². The molecule has 0 saturated heterocycles. The number of aromatic amines is 1. The van der Waals surface area contributed by atoms with Crippen LogP contribution in [0.2, 0.25) is 0 Å². The molecule has 0 aliphatic heterocycles. The largest absolute Gasteiger partial charge is 0.494 e. The molecule has 3 aromatic rings. The van der Waals surface area contributed by atoms with Crippen LogP contribution in [0.3, 0.4) is 0 Å². The highest BCUT2D eigenvalue weighted by Gasteiger charge is 2.08. The first-order valence-electron chi connectivity index (χ1n) is 7.94. The van der Waals surface area contributed by atoms with Crippen LogP contribution in [0.15, 0.2) is 53.6 Å². The van der Waals surface area contributed by atoms with E-state index in [0.717, 1.165) is 22.4 Å². The molecule has 3 rings (SSSR count). The molecule has 0 atom stereocenters. The van der Waals surface area contributed by atoms with Gasteiger partial charge in [0.25, 0.3) is 0 Å². The Labute approximate surface area is 151 Å². The van der Waals surface area contributed by atoms with Crippen molar-refractivity contribution in [2.45, 2.75) is 13.8 Å². The Kier molecular flexibility index (Phi) is 5.25. The highest BCUT2D eigenvalue weighted by molar-refractivity contribution is 7.71. The molecule has 0 aliphatic rings. The molecule has 2 N–H and O–H groups in total. The van der Waals surface area contributed by atoms with Gasteiger partial charge in [-0.05, 0) is 61.5 Å². The Morgan fingerprint density at radius 1 is 1.24 bits per heavy atom. The molecule has 0 amide bonds. The predicted molar refractivity (Wildman–Crippen MR) is 102 cm³/mol. The van der Waals surface area contributed by atoms with Crippen molar-refractivity contribution in [1.82, 2.24) is 14.9 Å². The average molecular weight is 353 g/mol. The molecule has 0 saturated carbocycles. The van der Waals surface area contributed by atoms with E-state index in [4.69, 9.17) is 17.0 Å². The fraction of sp³-hybridized carbons (Fsp3) is 0.167. The molecule has 0 fully saturated rings. The second-order valence-corrected chi connectivity index (χ2v) is 5.75. The van der Waals surface area contributed by atoms with Crippen LogP contribution in [0.4, 0.5) is 0 Å². The van der Waals surface area contributed by atoms with Crippen molar-refractivity contribution in [1.29, 1.82) is 0 Å². The third-order valence-corrected chi connectivity index (χ3v) is 3.92. The van der Waals surface area contributed by atoms with Crippen LogP contribution in [-0.4, -0.2) is 27.7 Å². The number of rotatable bonds is 6. The van der Waals surface area contributed by atoms with Crippen LogP contribution in [-0.2, 0) is 0 Å². The van der Waals surface area contributed by atoms with Crippen LogP contribution >= 0.6 is 12.2 Å². The van der Waals surface area contributed by atoms with Gasteiger partial charge in [-0.2, -0.15) is 14.9 Å². The van der Waals surface area contributed by atoms with Gasteiger partial charge >= 0.3 is 0 Å². The van der Waals surface area contributed by atoms with E-state index < -0.39 is 0 Å². The summed E-state index contributed by atoms with van der Waals surface area (Å²) in [4.78, 5) is 0. The van der Waals surface area contributed by atoms with E-state index in [1.165, 1.54) is 0 Å². The first-order valence-corrected chi connectivity index (χ1v) is 8.35. The summed E-state index contributed by atoms with van der Waals surface area (Å²) < 4.78 is 7.52. The van der Waals surface area contributed by atoms with Crippen molar-refractivity contribution in [3.63, 3.8) is 0 Å². The summed E-state index contributed by atoms with van der Waals surface area (Å²) in [5.74, 6) is 1.47. The second-order valence-electron chi connectivity index (χ2n) is 5.36. The van der Waals surface area contributed by atoms with Crippen molar-refractivity contribution < 1.29 is 4.74 Å². The minimum atomic E-state index is 0.436. The summed E-state index contributed by atoms with van der Waals surface area (Å²) in [5.41, 5.74) is 6.01. The molecule has 2 aromatic carbocycles. The lowest BCUT2D eigenvalue weighted by molar-refractivity contribution is 0.340. The minimum absolute atomic E-state index is 0.436. The zero-order chi connectivity index (χ0) is 17.6. The highest BCUT2D eigenvalue weighted by Crippen LogP contribution is 2.20. The molecule has 1 heterocycles. The lowest BCUT2D eigenvalue weighted by atomic mass is 10.1. The molecule has 7 heteroatoms. The van der Waals surface area contributed by atoms with Crippen LogP contribution in [0, 0.1) is 11.7 Å². The van der Waals surface area contributed by atoms with Crippen molar-refractivity contribution in [3.05, 3.63) is 64.4 Å². The molecule has 0 spiro atoms. The fourth-order valence-electron chi connectivity index (χ4n) is 2.34. The van der Waals surface area contributed by atoms with Crippen LogP contribution in [0.1, 0.15) is 18.1 Å². The quantitative estimate of drug-likeness (QED) is 0.401. The SMILES string of the molecule is CCOc1ccc(-c2n[nH]c(=S)n2N/N=C\c2ccccc2C)cc1. The third kappa shape index (κ3) is 3.95. The van der Waals surface area contributed by atoms with Gasteiger partial charge in [0.05, 0.1) is 12.8 Å². The standard InChI is InChI=1S/C18H19N5OS/c1-3-24-16-10-8-14(9-11-16)17-20-21-18(25)23(17)22-19-12-15-7-5-4-6-13(15)2/h4-12,22H,3H2,1-2H3,(H,21,25)/b19-12-. The van der Waals surface area contributed by atoms with Gasteiger partial charge in [-0.3, -0.25) is 0 Å². The van der Waals surface area contributed by atoms with Crippen molar-refractivity contribution >= 4 is 18.4 Å². The van der Waals surface area contributed by atoms with Crippen LogP contribution in [0.5, 0.6) is 5.75 Å². The topological polar surface area (TPSA) is 67.2 Å². The number of benzene rings is 2. The maximum Gasteiger partial charge on any atom is 0.216 e.